The number of carbonyl (C=O) groups excluding carboxylic acids is 2. The third kappa shape index (κ3) is 2.29. The first-order chi connectivity index (χ1) is 11.9. The number of hydrogen-bond donors (Lipinski definition) is 1. The van der Waals surface area contributed by atoms with E-state index in [1.54, 1.807) is 9.80 Å². The van der Waals surface area contributed by atoms with Crippen molar-refractivity contribution in [1.82, 2.24) is 14.8 Å². The maximum atomic E-state index is 13.4. The Morgan fingerprint density at radius 2 is 2.00 bits per heavy atom. The van der Waals surface area contributed by atoms with Gasteiger partial charge in [0.05, 0.1) is 12.2 Å². The Morgan fingerprint density at radius 3 is 2.76 bits per heavy atom. The van der Waals surface area contributed by atoms with Crippen molar-refractivity contribution in [2.24, 2.45) is 5.92 Å². The zero-order valence-corrected chi connectivity index (χ0v) is 15.1. The molecule has 0 spiro atoms. The average molecular weight is 339 g/mol. The molecule has 1 aromatic carbocycles. The van der Waals surface area contributed by atoms with Crippen molar-refractivity contribution in [2.75, 3.05) is 19.6 Å². The van der Waals surface area contributed by atoms with Crippen LogP contribution in [0, 0.1) is 5.92 Å². The van der Waals surface area contributed by atoms with E-state index in [9.17, 15) is 9.59 Å². The molecule has 1 N–H and O–H groups in total. The summed E-state index contributed by atoms with van der Waals surface area (Å²) < 4.78 is 0. The SMILES string of the molecule is CC(C)CCN1CC(=O)N2CCc3c([nH]c4ccccc34)C2(C)C1=O. The van der Waals surface area contributed by atoms with Crippen molar-refractivity contribution in [3.63, 3.8) is 0 Å². The first-order valence-electron chi connectivity index (χ1n) is 9.13. The Bertz CT molecular complexity index is 854. The Kier molecular flexibility index (Phi) is 3.63. The molecular formula is C20H25N3O2. The Labute approximate surface area is 148 Å². The minimum absolute atomic E-state index is 0.0419. The van der Waals surface area contributed by atoms with Gasteiger partial charge in [0.25, 0.3) is 5.91 Å². The molecule has 2 aliphatic rings. The highest BCUT2D eigenvalue weighted by Gasteiger charge is 2.53. The molecule has 3 heterocycles. The van der Waals surface area contributed by atoms with Crippen LogP contribution >= 0.6 is 0 Å². The molecule has 2 aromatic rings. The third-order valence-electron chi connectivity index (χ3n) is 5.73. The number of fused-ring (bicyclic) bond motifs is 5. The molecule has 0 aliphatic carbocycles. The number of nitrogens with zero attached hydrogens (tertiary/aromatic N) is 2. The highest BCUT2D eigenvalue weighted by Crippen LogP contribution is 2.41. The summed E-state index contributed by atoms with van der Waals surface area (Å²) in [4.78, 5) is 33.1. The number of para-hydroxylation sites is 1. The molecular weight excluding hydrogens is 314 g/mol. The van der Waals surface area contributed by atoms with Gasteiger partial charge in [-0.05, 0) is 37.3 Å². The van der Waals surface area contributed by atoms with Gasteiger partial charge in [-0.1, -0.05) is 32.0 Å². The van der Waals surface area contributed by atoms with E-state index in [1.807, 2.05) is 25.1 Å². The van der Waals surface area contributed by atoms with Crippen LogP contribution in [-0.4, -0.2) is 46.2 Å². The van der Waals surface area contributed by atoms with Crippen LogP contribution in [0.3, 0.4) is 0 Å². The lowest BCUT2D eigenvalue weighted by Crippen LogP contribution is -2.67. The van der Waals surface area contributed by atoms with E-state index in [4.69, 9.17) is 0 Å². The fourth-order valence-corrected chi connectivity index (χ4v) is 4.28. The Hall–Kier alpha value is -2.30. The zero-order valence-electron chi connectivity index (χ0n) is 15.1. The predicted molar refractivity (Wildman–Crippen MR) is 97.1 cm³/mol. The van der Waals surface area contributed by atoms with Gasteiger partial charge in [-0.2, -0.15) is 0 Å². The second-order valence-corrected chi connectivity index (χ2v) is 7.80. The molecule has 0 bridgehead atoms. The van der Waals surface area contributed by atoms with E-state index in [2.05, 4.69) is 24.9 Å². The lowest BCUT2D eigenvalue weighted by atomic mass is 9.83. The molecule has 1 saturated heterocycles. The van der Waals surface area contributed by atoms with Gasteiger partial charge in [-0.25, -0.2) is 0 Å². The van der Waals surface area contributed by atoms with Crippen LogP contribution < -0.4 is 0 Å². The van der Waals surface area contributed by atoms with E-state index >= 15 is 0 Å². The first kappa shape index (κ1) is 16.2. The van der Waals surface area contributed by atoms with Gasteiger partial charge in [-0.15, -0.1) is 0 Å². The average Bonchev–Trinajstić information content (AvgIpc) is 2.97. The van der Waals surface area contributed by atoms with E-state index < -0.39 is 5.54 Å². The largest absolute Gasteiger partial charge is 0.356 e. The standard InChI is InChI=1S/C20H25N3O2/c1-13(2)8-10-22-12-17(24)23-11-9-15-14-6-4-5-7-16(14)21-18(15)20(23,3)19(22)25/h4-7,13,21H,8-12H2,1-3H3. The molecule has 4 rings (SSSR count). The van der Waals surface area contributed by atoms with E-state index in [0.717, 1.165) is 29.4 Å². The summed E-state index contributed by atoms with van der Waals surface area (Å²) in [6.45, 7) is 7.63. The van der Waals surface area contributed by atoms with Crippen molar-refractivity contribution in [3.8, 4) is 0 Å². The molecule has 1 fully saturated rings. The molecule has 1 unspecified atom stereocenters. The topological polar surface area (TPSA) is 56.4 Å². The zero-order chi connectivity index (χ0) is 17.8. The number of aromatic nitrogens is 1. The molecule has 2 amide bonds. The lowest BCUT2D eigenvalue weighted by molar-refractivity contribution is -0.166. The number of aromatic amines is 1. The molecule has 132 valence electrons. The number of nitrogens with one attached hydrogen (secondary N) is 1. The number of amides is 2. The van der Waals surface area contributed by atoms with Gasteiger partial charge in [0, 0.05) is 24.0 Å². The van der Waals surface area contributed by atoms with Crippen LogP contribution in [0.5, 0.6) is 0 Å². The van der Waals surface area contributed by atoms with Crippen LogP contribution in [0.1, 0.15) is 38.4 Å². The van der Waals surface area contributed by atoms with Crippen molar-refractivity contribution < 1.29 is 9.59 Å². The fourth-order valence-electron chi connectivity index (χ4n) is 4.28. The fraction of sp³-hybridized carbons (Fsp3) is 0.500. The van der Waals surface area contributed by atoms with Crippen molar-refractivity contribution in [1.29, 1.82) is 0 Å². The highest BCUT2D eigenvalue weighted by atomic mass is 16.2. The summed E-state index contributed by atoms with van der Waals surface area (Å²) in [5.74, 6) is 0.596. The van der Waals surface area contributed by atoms with Gasteiger partial charge in [0.1, 0.15) is 0 Å². The number of H-pyrrole nitrogens is 1. The van der Waals surface area contributed by atoms with Gasteiger partial charge in [-0.3, -0.25) is 9.59 Å². The molecule has 0 radical (unpaired) electrons. The van der Waals surface area contributed by atoms with Crippen LogP contribution in [0.25, 0.3) is 10.9 Å². The number of carbonyl (C=O) groups is 2. The number of piperazine rings is 1. The van der Waals surface area contributed by atoms with Gasteiger partial charge < -0.3 is 14.8 Å². The predicted octanol–water partition coefficient (Wildman–Crippen LogP) is 2.66. The van der Waals surface area contributed by atoms with Crippen molar-refractivity contribution in [3.05, 3.63) is 35.5 Å². The minimum Gasteiger partial charge on any atom is -0.356 e. The lowest BCUT2D eigenvalue weighted by Gasteiger charge is -2.49. The molecule has 25 heavy (non-hydrogen) atoms. The molecule has 1 atom stereocenters. The number of benzene rings is 1. The van der Waals surface area contributed by atoms with Crippen LogP contribution in [-0.2, 0) is 21.5 Å². The summed E-state index contributed by atoms with van der Waals surface area (Å²) in [6, 6.07) is 8.14. The molecule has 5 heteroatoms. The van der Waals surface area contributed by atoms with Crippen LogP contribution in [0.15, 0.2) is 24.3 Å². The third-order valence-corrected chi connectivity index (χ3v) is 5.73. The summed E-state index contributed by atoms with van der Waals surface area (Å²) in [5.41, 5.74) is 2.20. The van der Waals surface area contributed by atoms with E-state index in [-0.39, 0.29) is 18.4 Å². The number of rotatable bonds is 3. The van der Waals surface area contributed by atoms with Gasteiger partial charge >= 0.3 is 0 Å². The van der Waals surface area contributed by atoms with Gasteiger partial charge in [0.2, 0.25) is 5.91 Å². The van der Waals surface area contributed by atoms with Crippen LogP contribution in [0.4, 0.5) is 0 Å². The Balaban J connectivity index is 1.80. The molecule has 0 saturated carbocycles. The van der Waals surface area contributed by atoms with Crippen molar-refractivity contribution >= 4 is 22.7 Å². The van der Waals surface area contributed by atoms with Crippen molar-refractivity contribution in [2.45, 2.75) is 39.2 Å². The van der Waals surface area contributed by atoms with Gasteiger partial charge in [0.15, 0.2) is 5.54 Å². The highest BCUT2D eigenvalue weighted by molar-refractivity contribution is 6.00. The molecule has 1 aromatic heterocycles. The quantitative estimate of drug-likeness (QED) is 0.935. The minimum atomic E-state index is -0.918. The van der Waals surface area contributed by atoms with E-state index in [0.29, 0.717) is 19.0 Å². The second kappa shape index (κ2) is 5.61. The summed E-state index contributed by atoms with van der Waals surface area (Å²) in [7, 11) is 0. The maximum Gasteiger partial charge on any atom is 0.254 e. The normalized spacial score (nSPS) is 23.4. The summed E-state index contributed by atoms with van der Waals surface area (Å²) in [5, 5.41) is 1.16. The Morgan fingerprint density at radius 1 is 1.24 bits per heavy atom. The summed E-state index contributed by atoms with van der Waals surface area (Å²) >= 11 is 0. The second-order valence-electron chi connectivity index (χ2n) is 7.80. The molecule has 5 nitrogen and oxygen atoms in total. The first-order valence-corrected chi connectivity index (χ1v) is 9.13. The number of hydrogen-bond acceptors (Lipinski definition) is 2. The molecule has 2 aliphatic heterocycles. The maximum absolute atomic E-state index is 13.4. The van der Waals surface area contributed by atoms with E-state index in [1.165, 1.54) is 5.56 Å². The monoisotopic (exact) mass is 339 g/mol. The smallest absolute Gasteiger partial charge is 0.254 e. The van der Waals surface area contributed by atoms with Crippen LogP contribution in [0.2, 0.25) is 0 Å². The summed E-state index contributed by atoms with van der Waals surface area (Å²) in [6.07, 6.45) is 1.70.